The van der Waals surface area contributed by atoms with Gasteiger partial charge in [-0.1, -0.05) is 39.0 Å². The summed E-state index contributed by atoms with van der Waals surface area (Å²) in [6, 6.07) is 7.66. The second-order valence-corrected chi connectivity index (χ2v) is 4.82. The Morgan fingerprint density at radius 1 is 1.16 bits per heavy atom. The number of hydrogen-bond acceptors (Lipinski definition) is 2. The van der Waals surface area contributed by atoms with E-state index < -0.39 is 0 Å². The number of anilines is 1. The van der Waals surface area contributed by atoms with Crippen molar-refractivity contribution >= 4 is 17.5 Å². The van der Waals surface area contributed by atoms with E-state index in [2.05, 4.69) is 24.5 Å². The highest BCUT2D eigenvalue weighted by Gasteiger charge is 2.12. The maximum Gasteiger partial charge on any atom is 0.233 e. The second-order valence-electron chi connectivity index (χ2n) is 4.82. The average molecular weight is 262 g/mol. The highest BCUT2D eigenvalue weighted by molar-refractivity contribution is 6.03. The van der Waals surface area contributed by atoms with Gasteiger partial charge in [0.05, 0.1) is 0 Å². The third kappa shape index (κ3) is 5.12. The molecule has 4 nitrogen and oxygen atoms in total. The molecule has 0 radical (unpaired) electrons. The molecular weight excluding hydrogens is 240 g/mol. The first kappa shape index (κ1) is 15.2. The SMILES string of the molecule is CCCNC(=O)CC(=O)Nc1ccccc1C(C)C. The van der Waals surface area contributed by atoms with Crippen LogP contribution >= 0.6 is 0 Å². The number of nitrogens with one attached hydrogen (secondary N) is 2. The highest BCUT2D eigenvalue weighted by atomic mass is 16.2. The highest BCUT2D eigenvalue weighted by Crippen LogP contribution is 2.23. The number of hydrogen-bond donors (Lipinski definition) is 2. The van der Waals surface area contributed by atoms with Crippen LogP contribution in [0.2, 0.25) is 0 Å². The van der Waals surface area contributed by atoms with Crippen LogP contribution in [0.25, 0.3) is 0 Å². The van der Waals surface area contributed by atoms with E-state index in [1.165, 1.54) is 0 Å². The van der Waals surface area contributed by atoms with Crippen LogP contribution in [0.15, 0.2) is 24.3 Å². The van der Waals surface area contributed by atoms with Crippen molar-refractivity contribution in [3.05, 3.63) is 29.8 Å². The Bertz CT molecular complexity index is 442. The fourth-order valence-electron chi connectivity index (χ4n) is 1.78. The summed E-state index contributed by atoms with van der Waals surface area (Å²) in [4.78, 5) is 23.2. The Morgan fingerprint density at radius 2 is 1.84 bits per heavy atom. The number of carbonyl (C=O) groups excluding carboxylic acids is 2. The van der Waals surface area contributed by atoms with Gasteiger partial charge in [0, 0.05) is 12.2 Å². The number of para-hydroxylation sites is 1. The van der Waals surface area contributed by atoms with Gasteiger partial charge in [-0.05, 0) is 24.0 Å². The van der Waals surface area contributed by atoms with Crippen molar-refractivity contribution < 1.29 is 9.59 Å². The Kier molecular flexibility index (Phi) is 6.06. The summed E-state index contributed by atoms with van der Waals surface area (Å²) in [5, 5.41) is 5.49. The van der Waals surface area contributed by atoms with Crippen LogP contribution in [0.1, 0.15) is 45.1 Å². The van der Waals surface area contributed by atoms with Gasteiger partial charge in [0.25, 0.3) is 0 Å². The lowest BCUT2D eigenvalue weighted by Gasteiger charge is -2.13. The minimum atomic E-state index is -0.276. The van der Waals surface area contributed by atoms with Crippen molar-refractivity contribution in [3.8, 4) is 0 Å². The zero-order chi connectivity index (χ0) is 14.3. The topological polar surface area (TPSA) is 58.2 Å². The van der Waals surface area contributed by atoms with E-state index in [9.17, 15) is 9.59 Å². The van der Waals surface area contributed by atoms with E-state index in [1.807, 2.05) is 31.2 Å². The molecule has 2 N–H and O–H groups in total. The maximum absolute atomic E-state index is 11.8. The lowest BCUT2D eigenvalue weighted by Crippen LogP contribution is -2.28. The largest absolute Gasteiger partial charge is 0.356 e. The van der Waals surface area contributed by atoms with Crippen LogP contribution in [0.5, 0.6) is 0 Å². The van der Waals surface area contributed by atoms with Gasteiger partial charge < -0.3 is 10.6 Å². The third-order valence-electron chi connectivity index (χ3n) is 2.75. The molecule has 0 saturated heterocycles. The third-order valence-corrected chi connectivity index (χ3v) is 2.75. The lowest BCUT2D eigenvalue weighted by atomic mass is 10.0. The number of amides is 2. The molecule has 0 bridgehead atoms. The molecule has 2 amide bonds. The molecule has 0 fully saturated rings. The summed E-state index contributed by atoms with van der Waals surface area (Å²) in [6.45, 7) is 6.71. The predicted octanol–water partition coefficient (Wildman–Crippen LogP) is 2.66. The Labute approximate surface area is 114 Å². The maximum atomic E-state index is 11.8. The van der Waals surface area contributed by atoms with Gasteiger partial charge in [-0.2, -0.15) is 0 Å². The molecular formula is C15H22N2O2. The normalized spacial score (nSPS) is 10.3. The summed E-state index contributed by atoms with van der Waals surface area (Å²) in [5.74, 6) is -0.187. The molecule has 0 aliphatic carbocycles. The Hall–Kier alpha value is -1.84. The molecule has 4 heteroatoms. The standard InChI is InChI=1S/C15H22N2O2/c1-4-9-16-14(18)10-15(19)17-13-8-6-5-7-12(13)11(2)3/h5-8,11H,4,9-10H2,1-3H3,(H,16,18)(H,17,19). The monoisotopic (exact) mass is 262 g/mol. The molecule has 0 saturated carbocycles. The summed E-state index contributed by atoms with van der Waals surface area (Å²) in [6.07, 6.45) is 0.732. The van der Waals surface area contributed by atoms with Crippen LogP contribution in [-0.4, -0.2) is 18.4 Å². The molecule has 0 spiro atoms. The quantitative estimate of drug-likeness (QED) is 0.774. The van der Waals surface area contributed by atoms with Crippen molar-refractivity contribution in [1.82, 2.24) is 5.32 Å². The summed E-state index contributed by atoms with van der Waals surface area (Å²) in [5.41, 5.74) is 1.86. The smallest absolute Gasteiger partial charge is 0.233 e. The number of rotatable bonds is 6. The van der Waals surface area contributed by atoms with E-state index in [1.54, 1.807) is 0 Å². The van der Waals surface area contributed by atoms with Crippen LogP contribution in [-0.2, 0) is 9.59 Å². The predicted molar refractivity (Wildman–Crippen MR) is 77.1 cm³/mol. The van der Waals surface area contributed by atoms with Crippen molar-refractivity contribution in [2.75, 3.05) is 11.9 Å². The summed E-state index contributed by atoms with van der Waals surface area (Å²) < 4.78 is 0. The van der Waals surface area contributed by atoms with E-state index in [4.69, 9.17) is 0 Å². The Balaban J connectivity index is 2.60. The zero-order valence-electron chi connectivity index (χ0n) is 11.8. The van der Waals surface area contributed by atoms with Crippen LogP contribution < -0.4 is 10.6 Å². The van der Waals surface area contributed by atoms with Gasteiger partial charge in [0.2, 0.25) is 11.8 Å². The molecule has 19 heavy (non-hydrogen) atoms. The molecule has 0 aliphatic rings. The molecule has 1 aromatic rings. The van der Waals surface area contributed by atoms with Crippen molar-refractivity contribution in [3.63, 3.8) is 0 Å². The number of carbonyl (C=O) groups is 2. The van der Waals surface area contributed by atoms with Gasteiger partial charge in [-0.15, -0.1) is 0 Å². The van der Waals surface area contributed by atoms with Crippen molar-refractivity contribution in [2.45, 2.75) is 39.5 Å². The van der Waals surface area contributed by atoms with Crippen LogP contribution in [0.3, 0.4) is 0 Å². The second kappa shape index (κ2) is 7.56. The van der Waals surface area contributed by atoms with Crippen molar-refractivity contribution in [1.29, 1.82) is 0 Å². The first-order chi connectivity index (χ1) is 9.04. The van der Waals surface area contributed by atoms with Gasteiger partial charge >= 0.3 is 0 Å². The van der Waals surface area contributed by atoms with E-state index in [0.717, 1.165) is 17.7 Å². The molecule has 0 aromatic heterocycles. The van der Waals surface area contributed by atoms with Gasteiger partial charge in [-0.25, -0.2) is 0 Å². The van der Waals surface area contributed by atoms with E-state index >= 15 is 0 Å². The van der Waals surface area contributed by atoms with Gasteiger partial charge in [-0.3, -0.25) is 9.59 Å². The average Bonchev–Trinajstić information content (AvgIpc) is 2.36. The van der Waals surface area contributed by atoms with Gasteiger partial charge in [0.15, 0.2) is 0 Å². The molecule has 0 atom stereocenters. The molecule has 0 heterocycles. The zero-order valence-corrected chi connectivity index (χ0v) is 11.8. The van der Waals surface area contributed by atoms with E-state index in [0.29, 0.717) is 12.5 Å². The first-order valence-corrected chi connectivity index (χ1v) is 6.70. The molecule has 104 valence electrons. The minimum absolute atomic E-state index is 0.133. The summed E-state index contributed by atoms with van der Waals surface area (Å²) >= 11 is 0. The lowest BCUT2D eigenvalue weighted by molar-refractivity contribution is -0.126. The van der Waals surface area contributed by atoms with Gasteiger partial charge in [0.1, 0.15) is 6.42 Å². The number of benzene rings is 1. The minimum Gasteiger partial charge on any atom is -0.356 e. The first-order valence-electron chi connectivity index (χ1n) is 6.70. The van der Waals surface area contributed by atoms with Crippen molar-refractivity contribution in [2.24, 2.45) is 0 Å². The van der Waals surface area contributed by atoms with Crippen LogP contribution in [0.4, 0.5) is 5.69 Å². The fraction of sp³-hybridized carbons (Fsp3) is 0.467. The molecule has 1 rings (SSSR count). The van der Waals surface area contributed by atoms with E-state index in [-0.39, 0.29) is 18.2 Å². The van der Waals surface area contributed by atoms with Crippen LogP contribution in [0, 0.1) is 0 Å². The Morgan fingerprint density at radius 3 is 2.47 bits per heavy atom. The molecule has 1 aromatic carbocycles. The molecule has 0 aliphatic heterocycles. The molecule has 0 unspecified atom stereocenters. The summed E-state index contributed by atoms with van der Waals surface area (Å²) in [7, 11) is 0. The fourth-order valence-corrected chi connectivity index (χ4v) is 1.78.